The zero-order valence-corrected chi connectivity index (χ0v) is 17.3. The fourth-order valence-electron chi connectivity index (χ4n) is 2.92. The van der Waals surface area contributed by atoms with E-state index in [2.05, 4.69) is 4.74 Å². The van der Waals surface area contributed by atoms with E-state index in [1.807, 2.05) is 31.9 Å². The van der Waals surface area contributed by atoms with Gasteiger partial charge in [-0.25, -0.2) is 9.18 Å². The number of ether oxygens (including phenoxy) is 2. The maximum Gasteiger partial charge on any atom is 0.410 e. The van der Waals surface area contributed by atoms with Gasteiger partial charge in [0.1, 0.15) is 11.4 Å². The van der Waals surface area contributed by atoms with E-state index in [1.54, 1.807) is 17.0 Å². The van der Waals surface area contributed by atoms with Crippen LogP contribution in [-0.2, 0) is 14.3 Å². The minimum absolute atomic E-state index is 0.0278. The molecule has 1 saturated heterocycles. The number of benzene rings is 1. The van der Waals surface area contributed by atoms with E-state index in [4.69, 9.17) is 4.74 Å². The molecule has 1 aliphatic rings. The van der Waals surface area contributed by atoms with Gasteiger partial charge in [-0.3, -0.25) is 9.69 Å². The molecular formula is C20H27FN4O4. The van der Waals surface area contributed by atoms with Crippen LogP contribution >= 0.6 is 0 Å². The van der Waals surface area contributed by atoms with Gasteiger partial charge in [-0.2, -0.15) is 5.26 Å². The highest BCUT2D eigenvalue weighted by Crippen LogP contribution is 2.26. The molecule has 0 radical (unpaired) electrons. The molecule has 9 heteroatoms. The van der Waals surface area contributed by atoms with Crippen molar-refractivity contribution in [3.8, 4) is 6.19 Å². The van der Waals surface area contributed by atoms with E-state index in [1.165, 1.54) is 18.1 Å². The molecule has 158 valence electrons. The molecule has 0 aromatic heterocycles. The lowest BCUT2D eigenvalue weighted by Gasteiger charge is -2.37. The van der Waals surface area contributed by atoms with Gasteiger partial charge in [0.15, 0.2) is 6.19 Å². The van der Waals surface area contributed by atoms with E-state index in [0.29, 0.717) is 37.6 Å². The van der Waals surface area contributed by atoms with Crippen molar-refractivity contribution >= 4 is 23.4 Å². The zero-order chi connectivity index (χ0) is 21.6. The van der Waals surface area contributed by atoms with Gasteiger partial charge in [0, 0.05) is 38.8 Å². The van der Waals surface area contributed by atoms with Gasteiger partial charge in [0.2, 0.25) is 0 Å². The predicted octanol–water partition coefficient (Wildman–Crippen LogP) is 2.73. The van der Waals surface area contributed by atoms with Crippen molar-refractivity contribution < 1.29 is 23.5 Å². The first-order valence-corrected chi connectivity index (χ1v) is 9.41. The Kier molecular flexibility index (Phi) is 7.26. The number of amides is 1. The maximum atomic E-state index is 14.7. The summed E-state index contributed by atoms with van der Waals surface area (Å²) in [6, 6.07) is 4.52. The van der Waals surface area contributed by atoms with Crippen LogP contribution in [0, 0.1) is 17.3 Å². The molecule has 8 nitrogen and oxygen atoms in total. The number of esters is 1. The topological polar surface area (TPSA) is 86.1 Å². The molecule has 0 unspecified atom stereocenters. The number of anilines is 2. The molecule has 1 amide bonds. The summed E-state index contributed by atoms with van der Waals surface area (Å²) in [5.74, 6) is -0.906. The molecule has 0 saturated carbocycles. The third kappa shape index (κ3) is 6.24. The van der Waals surface area contributed by atoms with Gasteiger partial charge in [-0.05, 0) is 32.9 Å². The summed E-state index contributed by atoms with van der Waals surface area (Å²) in [5, 5.41) is 9.28. The number of hydrogen-bond acceptors (Lipinski definition) is 7. The molecule has 0 bridgehead atoms. The molecule has 1 aromatic carbocycles. The first kappa shape index (κ1) is 22.3. The molecule has 1 heterocycles. The third-order valence-corrected chi connectivity index (χ3v) is 4.40. The van der Waals surface area contributed by atoms with Gasteiger partial charge in [-0.1, -0.05) is 0 Å². The average molecular weight is 406 g/mol. The second-order valence-electron chi connectivity index (χ2n) is 7.67. The lowest BCUT2D eigenvalue weighted by Crippen LogP contribution is -2.50. The minimum atomic E-state index is -0.559. The van der Waals surface area contributed by atoms with Crippen LogP contribution < -0.4 is 9.80 Å². The molecule has 1 aromatic rings. The number of piperazine rings is 1. The van der Waals surface area contributed by atoms with Crippen LogP contribution in [0.5, 0.6) is 0 Å². The van der Waals surface area contributed by atoms with Crippen molar-refractivity contribution in [2.24, 2.45) is 0 Å². The number of nitrogens with zero attached hydrogens (tertiary/aromatic N) is 4. The molecule has 0 N–H and O–H groups in total. The van der Waals surface area contributed by atoms with Crippen molar-refractivity contribution in [3.63, 3.8) is 0 Å². The number of nitriles is 1. The number of carbonyl (C=O) groups is 2. The van der Waals surface area contributed by atoms with E-state index in [9.17, 15) is 19.2 Å². The summed E-state index contributed by atoms with van der Waals surface area (Å²) in [6.45, 7) is 7.35. The molecule has 0 spiro atoms. The molecule has 29 heavy (non-hydrogen) atoms. The van der Waals surface area contributed by atoms with Crippen LogP contribution in [-0.4, -0.2) is 62.4 Å². The summed E-state index contributed by atoms with van der Waals surface area (Å²) in [5.41, 5.74) is 0.213. The smallest absolute Gasteiger partial charge is 0.410 e. The van der Waals surface area contributed by atoms with Crippen molar-refractivity contribution in [3.05, 3.63) is 24.0 Å². The zero-order valence-electron chi connectivity index (χ0n) is 17.3. The molecule has 2 rings (SSSR count). The van der Waals surface area contributed by atoms with Gasteiger partial charge in [0.05, 0.1) is 24.9 Å². The average Bonchev–Trinajstić information content (AvgIpc) is 2.67. The van der Waals surface area contributed by atoms with Crippen LogP contribution in [0.25, 0.3) is 0 Å². The Morgan fingerprint density at radius 1 is 1.24 bits per heavy atom. The van der Waals surface area contributed by atoms with Crippen molar-refractivity contribution in [2.45, 2.75) is 32.8 Å². The van der Waals surface area contributed by atoms with Crippen LogP contribution in [0.1, 0.15) is 27.2 Å². The Hall–Kier alpha value is -3.02. The number of carbonyl (C=O) groups excluding carboxylic acids is 2. The number of rotatable bonds is 5. The second-order valence-corrected chi connectivity index (χ2v) is 7.67. The Morgan fingerprint density at radius 3 is 2.41 bits per heavy atom. The Labute approximate surface area is 170 Å². The summed E-state index contributed by atoms with van der Waals surface area (Å²) < 4.78 is 24.6. The number of methoxy groups -OCH3 is 1. The Balaban J connectivity index is 2.00. The van der Waals surface area contributed by atoms with Crippen LogP contribution in [0.4, 0.5) is 20.6 Å². The first-order chi connectivity index (χ1) is 13.6. The van der Waals surface area contributed by atoms with E-state index in [0.717, 1.165) is 0 Å². The summed E-state index contributed by atoms with van der Waals surface area (Å²) in [6.07, 6.45) is 1.60. The van der Waals surface area contributed by atoms with Gasteiger partial charge < -0.3 is 19.3 Å². The fourth-order valence-corrected chi connectivity index (χ4v) is 2.92. The molecular weight excluding hydrogens is 379 g/mol. The molecule has 1 aliphatic heterocycles. The Morgan fingerprint density at radius 2 is 1.90 bits per heavy atom. The first-order valence-electron chi connectivity index (χ1n) is 9.41. The normalized spacial score (nSPS) is 14.2. The summed E-state index contributed by atoms with van der Waals surface area (Å²) in [7, 11) is 1.27. The van der Waals surface area contributed by atoms with Crippen molar-refractivity contribution in [1.82, 2.24) is 4.90 Å². The summed E-state index contributed by atoms with van der Waals surface area (Å²) >= 11 is 0. The fraction of sp³-hybridized carbons (Fsp3) is 0.550. The lowest BCUT2D eigenvalue weighted by atomic mass is 10.2. The molecule has 1 fully saturated rings. The lowest BCUT2D eigenvalue weighted by molar-refractivity contribution is -0.140. The van der Waals surface area contributed by atoms with Gasteiger partial charge in [0.25, 0.3) is 0 Å². The quantitative estimate of drug-likeness (QED) is 0.422. The maximum absolute atomic E-state index is 14.7. The highest BCUT2D eigenvalue weighted by atomic mass is 19.1. The monoisotopic (exact) mass is 406 g/mol. The summed E-state index contributed by atoms with van der Waals surface area (Å²) in [4.78, 5) is 28.1. The minimum Gasteiger partial charge on any atom is -0.469 e. The van der Waals surface area contributed by atoms with Crippen LogP contribution in [0.15, 0.2) is 18.2 Å². The SMILES string of the molecule is COC(=O)CCN(C#N)c1ccc(N2CCN(C(=O)OC(C)(C)C)CC2)c(F)c1. The number of halogens is 1. The van der Waals surface area contributed by atoms with E-state index < -0.39 is 17.4 Å². The Bertz CT molecular complexity index is 780. The van der Waals surface area contributed by atoms with Gasteiger partial charge in [-0.15, -0.1) is 0 Å². The van der Waals surface area contributed by atoms with Crippen molar-refractivity contribution in [2.75, 3.05) is 49.6 Å². The highest BCUT2D eigenvalue weighted by Gasteiger charge is 2.27. The van der Waals surface area contributed by atoms with Gasteiger partial charge >= 0.3 is 12.1 Å². The van der Waals surface area contributed by atoms with Crippen LogP contribution in [0.2, 0.25) is 0 Å². The standard InChI is InChI=1S/C20H27FN4O4/c1-20(2,3)29-19(27)24-11-9-23(10-12-24)17-6-5-15(13-16(17)21)25(14-22)8-7-18(26)28-4/h5-6,13H,7-12H2,1-4H3. The highest BCUT2D eigenvalue weighted by molar-refractivity contribution is 5.71. The van der Waals surface area contributed by atoms with Crippen LogP contribution in [0.3, 0.4) is 0 Å². The van der Waals surface area contributed by atoms with E-state index >= 15 is 0 Å². The van der Waals surface area contributed by atoms with Crippen molar-refractivity contribution in [1.29, 1.82) is 5.26 Å². The predicted molar refractivity (Wildman–Crippen MR) is 106 cm³/mol. The largest absolute Gasteiger partial charge is 0.469 e. The second kappa shape index (κ2) is 9.45. The van der Waals surface area contributed by atoms with E-state index in [-0.39, 0.29) is 19.1 Å². The third-order valence-electron chi connectivity index (χ3n) is 4.40. The molecule has 0 atom stereocenters. The molecule has 0 aliphatic carbocycles. The number of hydrogen-bond donors (Lipinski definition) is 0.